The fraction of sp³-hybridized carbons (Fsp3) is 0.737. The first kappa shape index (κ1) is 42.3. The van der Waals surface area contributed by atoms with Crippen LogP contribution in [0.4, 0.5) is 0 Å². The molecule has 10 heteroatoms. The van der Waals surface area contributed by atoms with Crippen molar-refractivity contribution in [2.24, 2.45) is 0 Å². The van der Waals surface area contributed by atoms with Gasteiger partial charge in [0.05, 0.1) is 16.9 Å². The van der Waals surface area contributed by atoms with Gasteiger partial charge in [-0.15, -0.1) is 0 Å². The second kappa shape index (κ2) is 26.9. The number of aromatic nitrogens is 1. The summed E-state index contributed by atoms with van der Waals surface area (Å²) < 4.78 is 50.5. The minimum Gasteiger partial charge on any atom is -0.744 e. The predicted octanol–water partition coefficient (Wildman–Crippen LogP) is 9.43. The minimum absolute atomic E-state index is 0.104. The zero-order chi connectivity index (χ0) is 34.7. The number of benzene rings is 1. The van der Waals surface area contributed by atoms with Gasteiger partial charge in [-0.25, -0.2) is 8.42 Å². The summed E-state index contributed by atoms with van der Waals surface area (Å²) in [5.41, 5.74) is 3.06. The molecule has 0 N–H and O–H groups in total. The highest BCUT2D eigenvalue weighted by atomic mass is 32.2. The third-order valence-corrected chi connectivity index (χ3v) is 10.2. The van der Waals surface area contributed by atoms with E-state index in [1.54, 1.807) is 23.5 Å². The first-order valence-corrected chi connectivity index (χ1v) is 21.0. The van der Waals surface area contributed by atoms with Crippen LogP contribution in [0.3, 0.4) is 0 Å². The van der Waals surface area contributed by atoms with Crippen molar-refractivity contribution in [3.8, 4) is 0 Å². The van der Waals surface area contributed by atoms with Gasteiger partial charge >= 0.3 is 5.97 Å². The summed E-state index contributed by atoms with van der Waals surface area (Å²) >= 11 is 1.72. The quantitative estimate of drug-likeness (QED) is 0.0415. The van der Waals surface area contributed by atoms with E-state index in [2.05, 4.69) is 28.6 Å². The molecular weight excluding hydrogens is 647 g/mol. The van der Waals surface area contributed by atoms with Crippen molar-refractivity contribution in [1.82, 2.24) is 0 Å². The number of ether oxygens (including phenoxy) is 3. The average molecular weight is 710 g/mol. The average Bonchev–Trinajstić information content (AvgIpc) is 3.76. The van der Waals surface area contributed by atoms with Crippen molar-refractivity contribution in [2.45, 2.75) is 173 Å². The molecule has 2 aromatic rings. The normalized spacial score (nSPS) is 16.1. The molecule has 3 rings (SSSR count). The molecule has 0 spiro atoms. The molecule has 0 amide bonds. The second-order valence-electron chi connectivity index (χ2n) is 13.1. The predicted molar refractivity (Wildman–Crippen MR) is 192 cm³/mol. The maximum Gasteiger partial charge on any atom is 0.305 e. The molecule has 8 nitrogen and oxygen atoms in total. The first-order chi connectivity index (χ1) is 23.3. The first-order valence-electron chi connectivity index (χ1n) is 18.6. The minimum atomic E-state index is -4.27. The monoisotopic (exact) mass is 709 g/mol. The number of thiazole rings is 1. The molecule has 2 atom stereocenters. The van der Waals surface area contributed by atoms with Gasteiger partial charge in [-0.1, -0.05) is 132 Å². The molecule has 2 heterocycles. The Labute approximate surface area is 295 Å². The van der Waals surface area contributed by atoms with Gasteiger partial charge in [0.15, 0.2) is 12.5 Å². The molecule has 274 valence electrons. The third-order valence-electron chi connectivity index (χ3n) is 8.67. The number of aryl methyl sites for hydroxylation is 2. The van der Waals surface area contributed by atoms with Gasteiger partial charge in [0.1, 0.15) is 29.4 Å². The Bertz CT molecular complexity index is 1160. The summed E-state index contributed by atoms with van der Waals surface area (Å²) in [5.74, 6) is -0.110. The topological polar surface area (TPSA) is 106 Å². The maximum absolute atomic E-state index is 12.0. The number of carbonyl (C=O) groups is 1. The van der Waals surface area contributed by atoms with Crippen LogP contribution in [0, 0.1) is 6.92 Å². The fourth-order valence-electron chi connectivity index (χ4n) is 5.70. The Morgan fingerprint density at radius 2 is 1.42 bits per heavy atom. The molecular formula is C38H63NO7S2. The van der Waals surface area contributed by atoms with Crippen molar-refractivity contribution in [3.05, 3.63) is 46.9 Å². The highest BCUT2D eigenvalue weighted by molar-refractivity contribution is 7.85. The highest BCUT2D eigenvalue weighted by Gasteiger charge is 2.26. The van der Waals surface area contributed by atoms with Crippen LogP contribution >= 0.6 is 11.3 Å². The summed E-state index contributed by atoms with van der Waals surface area (Å²) in [5, 5.41) is 2.10. The SMILES string of the molecule is CCCCCCCCCCCCCCCCC[C@@H]1OC[C@@H](COC(=O)CCCCCC[n+]2ccsc2)O1.Cc1ccc(S(=O)(=O)[O-])cc1. The van der Waals surface area contributed by atoms with Gasteiger partial charge in [-0.3, -0.25) is 4.79 Å². The van der Waals surface area contributed by atoms with E-state index in [1.807, 2.05) is 6.92 Å². The molecule has 48 heavy (non-hydrogen) atoms. The molecule has 1 aromatic carbocycles. The van der Waals surface area contributed by atoms with Gasteiger partial charge in [0, 0.05) is 12.8 Å². The summed E-state index contributed by atoms with van der Waals surface area (Å²) in [4.78, 5) is 11.8. The maximum atomic E-state index is 12.0. The van der Waals surface area contributed by atoms with E-state index in [9.17, 15) is 17.8 Å². The number of hydrogen-bond acceptors (Lipinski definition) is 8. The van der Waals surface area contributed by atoms with Crippen LogP contribution in [0.1, 0.15) is 147 Å². The van der Waals surface area contributed by atoms with Gasteiger partial charge < -0.3 is 18.8 Å². The summed E-state index contributed by atoms with van der Waals surface area (Å²) in [7, 11) is -4.27. The van der Waals surface area contributed by atoms with E-state index < -0.39 is 10.1 Å². The molecule has 1 fully saturated rings. The third kappa shape index (κ3) is 22.0. The van der Waals surface area contributed by atoms with E-state index in [-0.39, 0.29) is 23.3 Å². The lowest BCUT2D eigenvalue weighted by Gasteiger charge is -2.12. The Morgan fingerprint density at radius 3 is 1.98 bits per heavy atom. The van der Waals surface area contributed by atoms with Gasteiger partial charge in [-0.2, -0.15) is 4.57 Å². The number of carbonyl (C=O) groups excluding carboxylic acids is 1. The molecule has 1 saturated heterocycles. The largest absolute Gasteiger partial charge is 0.744 e. The Kier molecular flexibility index (Phi) is 23.8. The molecule has 0 saturated carbocycles. The number of unbranched alkanes of at least 4 members (excludes halogenated alkanes) is 17. The van der Waals surface area contributed by atoms with Crippen LogP contribution in [-0.2, 0) is 35.7 Å². The van der Waals surface area contributed by atoms with Crippen molar-refractivity contribution in [3.63, 3.8) is 0 Å². The zero-order valence-corrected chi connectivity index (χ0v) is 31.4. The highest BCUT2D eigenvalue weighted by Crippen LogP contribution is 2.19. The van der Waals surface area contributed by atoms with E-state index in [0.29, 0.717) is 19.6 Å². The van der Waals surface area contributed by atoms with Crippen LogP contribution in [-0.4, -0.2) is 44.5 Å². The lowest BCUT2D eigenvalue weighted by molar-refractivity contribution is -0.692. The number of rotatable bonds is 26. The smallest absolute Gasteiger partial charge is 0.305 e. The Balaban J connectivity index is 0.000000613. The molecule has 0 aliphatic carbocycles. The van der Waals surface area contributed by atoms with Gasteiger partial charge in [-0.05, 0) is 44.7 Å². The standard InChI is InChI=1S/C31H56NO4S.C7H8O3S/c1-2-3-4-5-6-7-8-9-10-11-12-13-14-15-19-22-31-35-27-29(36-31)26-34-30(33)21-18-16-17-20-23-32-24-25-37-28-32;1-6-2-4-7(5-3-6)11(8,9)10/h24-25,28-29,31H,2-23,26-27H2,1H3;2-5H,1H3,(H,8,9,10)/q+1;/p-1/t29-,31-;/m1./s1. The van der Waals surface area contributed by atoms with Gasteiger partial charge in [0.25, 0.3) is 0 Å². The fourth-order valence-corrected chi connectivity index (χ4v) is 6.80. The van der Waals surface area contributed by atoms with Crippen LogP contribution in [0.5, 0.6) is 0 Å². The van der Waals surface area contributed by atoms with Crippen molar-refractivity contribution >= 4 is 27.4 Å². The lowest BCUT2D eigenvalue weighted by Crippen LogP contribution is -2.29. The molecule has 1 aromatic heterocycles. The zero-order valence-electron chi connectivity index (χ0n) is 29.8. The Hall–Kier alpha value is -1.85. The van der Waals surface area contributed by atoms with Crippen LogP contribution in [0.2, 0.25) is 0 Å². The second-order valence-corrected chi connectivity index (χ2v) is 15.3. The van der Waals surface area contributed by atoms with E-state index in [0.717, 1.165) is 50.6 Å². The summed E-state index contributed by atoms with van der Waals surface area (Å²) in [6.45, 7) is 6.03. The molecule has 1 aliphatic rings. The van der Waals surface area contributed by atoms with Crippen LogP contribution < -0.4 is 4.57 Å². The van der Waals surface area contributed by atoms with Gasteiger partial charge in [0.2, 0.25) is 5.51 Å². The van der Waals surface area contributed by atoms with Crippen molar-refractivity contribution in [2.75, 3.05) is 13.2 Å². The Morgan fingerprint density at radius 1 is 0.854 bits per heavy atom. The molecule has 0 unspecified atom stereocenters. The molecule has 0 radical (unpaired) electrons. The van der Waals surface area contributed by atoms with Crippen LogP contribution in [0.25, 0.3) is 0 Å². The van der Waals surface area contributed by atoms with Crippen molar-refractivity contribution < 1.29 is 36.5 Å². The van der Waals surface area contributed by atoms with E-state index >= 15 is 0 Å². The number of nitrogens with zero attached hydrogens (tertiary/aromatic N) is 1. The summed E-state index contributed by atoms with van der Waals surface area (Å²) in [6.07, 6.45) is 28.3. The number of esters is 1. The van der Waals surface area contributed by atoms with E-state index in [4.69, 9.17) is 14.2 Å². The molecule has 0 bridgehead atoms. The van der Waals surface area contributed by atoms with E-state index in [1.165, 1.54) is 102 Å². The van der Waals surface area contributed by atoms with Crippen molar-refractivity contribution in [1.29, 1.82) is 0 Å². The molecule has 1 aliphatic heterocycles. The number of hydrogen-bond donors (Lipinski definition) is 0. The summed E-state index contributed by atoms with van der Waals surface area (Å²) in [6, 6.07) is 5.78. The lowest BCUT2D eigenvalue weighted by atomic mass is 10.0. The van der Waals surface area contributed by atoms with Crippen LogP contribution in [0.15, 0.2) is 46.2 Å².